The van der Waals surface area contributed by atoms with E-state index in [-0.39, 0.29) is 12.0 Å². The molecule has 26 heavy (non-hydrogen) atoms. The van der Waals surface area contributed by atoms with E-state index in [0.717, 1.165) is 24.1 Å². The molecule has 3 rings (SSSR count). The summed E-state index contributed by atoms with van der Waals surface area (Å²) in [5.74, 6) is 0.498. The lowest BCUT2D eigenvalue weighted by Gasteiger charge is -2.25. The lowest BCUT2D eigenvalue weighted by molar-refractivity contribution is -0.119. The first-order valence-electron chi connectivity index (χ1n) is 8.38. The molecule has 1 N–H and O–H groups in total. The largest absolute Gasteiger partial charge is 0.373 e. The minimum absolute atomic E-state index is 0.0329. The Morgan fingerprint density at radius 2 is 1.92 bits per heavy atom. The number of unbranched alkanes of at least 4 members (excludes halogenated alkanes) is 1. The van der Waals surface area contributed by atoms with Crippen LogP contribution in [0.5, 0.6) is 0 Å². The van der Waals surface area contributed by atoms with E-state index in [1.165, 1.54) is 0 Å². The van der Waals surface area contributed by atoms with Gasteiger partial charge >= 0.3 is 0 Å². The summed E-state index contributed by atoms with van der Waals surface area (Å²) in [4.78, 5) is 12.5. The molecule has 0 saturated heterocycles. The minimum Gasteiger partial charge on any atom is -0.373 e. The first-order valence-corrected chi connectivity index (χ1v) is 10.5. The summed E-state index contributed by atoms with van der Waals surface area (Å²) in [6.45, 7) is 0.519. The highest BCUT2D eigenvalue weighted by molar-refractivity contribution is 7.85. The zero-order chi connectivity index (χ0) is 18.5. The normalized spacial score (nSPS) is 17.5. The maximum Gasteiger partial charge on any atom is 0.227 e. The van der Waals surface area contributed by atoms with E-state index in [1.807, 2.05) is 24.3 Å². The van der Waals surface area contributed by atoms with Crippen LogP contribution in [0.4, 0.5) is 5.69 Å². The molecule has 0 aromatic heterocycles. The number of hydrogen-bond acceptors (Lipinski definition) is 3. The van der Waals surface area contributed by atoms with Crippen molar-refractivity contribution in [2.24, 2.45) is 0 Å². The molecule has 0 fully saturated rings. The van der Waals surface area contributed by atoms with Gasteiger partial charge in [-0.15, -0.1) is 0 Å². The molecule has 0 bridgehead atoms. The number of para-hydroxylation sites is 1. The van der Waals surface area contributed by atoms with Gasteiger partial charge in [0.05, 0.1) is 33.4 Å². The van der Waals surface area contributed by atoms with Crippen LogP contribution in [-0.4, -0.2) is 22.5 Å². The van der Waals surface area contributed by atoms with Crippen LogP contribution in [0, 0.1) is 0 Å². The van der Waals surface area contributed by atoms with E-state index in [9.17, 15) is 9.00 Å². The van der Waals surface area contributed by atoms with E-state index in [2.05, 4.69) is 5.32 Å². The number of ether oxygens (including phenoxy) is 1. The van der Waals surface area contributed by atoms with Crippen molar-refractivity contribution in [3.05, 3.63) is 58.1 Å². The van der Waals surface area contributed by atoms with Gasteiger partial charge in [0.1, 0.15) is 0 Å². The number of amides is 1. The molecule has 0 spiro atoms. The van der Waals surface area contributed by atoms with Gasteiger partial charge in [-0.3, -0.25) is 9.00 Å². The Hall–Kier alpha value is -1.40. The summed E-state index contributed by atoms with van der Waals surface area (Å²) in [7, 11) is -1.11. The smallest absolute Gasteiger partial charge is 0.227 e. The topological polar surface area (TPSA) is 55.4 Å². The average Bonchev–Trinajstić information content (AvgIpc) is 2.63. The Bertz CT molecular complexity index is 828. The number of nitrogens with one attached hydrogen (secondary N) is 1. The molecule has 2 aromatic carbocycles. The molecule has 2 unspecified atom stereocenters. The second-order valence-corrected chi connectivity index (χ2v) is 8.42. The Morgan fingerprint density at radius 3 is 2.73 bits per heavy atom. The summed E-state index contributed by atoms with van der Waals surface area (Å²) in [6.07, 6.45) is 1.63. The fourth-order valence-corrected chi connectivity index (χ4v) is 4.35. The third-order valence-electron chi connectivity index (χ3n) is 4.15. The lowest BCUT2D eigenvalue weighted by atomic mass is 10.00. The second kappa shape index (κ2) is 9.00. The quantitative estimate of drug-likeness (QED) is 0.653. The fourth-order valence-electron chi connectivity index (χ4n) is 2.82. The number of carbonyl (C=O) groups is 1. The SMILES string of the molecule is O=C1CC(OCCCCS(=O)c2ccc(Cl)c(Cl)c2)c2ccccc2N1. The van der Waals surface area contributed by atoms with Crippen molar-refractivity contribution in [2.45, 2.75) is 30.3 Å². The van der Waals surface area contributed by atoms with Crippen LogP contribution in [0.2, 0.25) is 10.0 Å². The molecule has 0 saturated carbocycles. The van der Waals surface area contributed by atoms with E-state index >= 15 is 0 Å². The molecular formula is C19H19Cl2NO3S. The molecule has 4 nitrogen and oxygen atoms in total. The summed E-state index contributed by atoms with van der Waals surface area (Å²) < 4.78 is 18.2. The van der Waals surface area contributed by atoms with Gasteiger partial charge in [-0.05, 0) is 37.1 Å². The molecule has 138 valence electrons. The van der Waals surface area contributed by atoms with Crippen LogP contribution < -0.4 is 5.32 Å². The number of hydrogen-bond donors (Lipinski definition) is 1. The molecule has 1 aliphatic heterocycles. The van der Waals surface area contributed by atoms with Crippen molar-refractivity contribution in [2.75, 3.05) is 17.7 Å². The van der Waals surface area contributed by atoms with Crippen molar-refractivity contribution < 1.29 is 13.7 Å². The van der Waals surface area contributed by atoms with Gasteiger partial charge in [0.2, 0.25) is 5.91 Å². The van der Waals surface area contributed by atoms with Crippen LogP contribution in [0.1, 0.15) is 30.9 Å². The number of anilines is 1. The van der Waals surface area contributed by atoms with Crippen molar-refractivity contribution in [1.82, 2.24) is 0 Å². The summed E-state index contributed by atoms with van der Waals surface area (Å²) in [6, 6.07) is 12.7. The van der Waals surface area contributed by atoms with Crippen LogP contribution in [-0.2, 0) is 20.3 Å². The summed E-state index contributed by atoms with van der Waals surface area (Å²) in [5.41, 5.74) is 1.82. The summed E-state index contributed by atoms with van der Waals surface area (Å²) >= 11 is 11.8. The molecule has 1 heterocycles. The zero-order valence-electron chi connectivity index (χ0n) is 14.0. The maximum atomic E-state index is 12.3. The Morgan fingerprint density at radius 1 is 1.12 bits per heavy atom. The van der Waals surface area contributed by atoms with Gasteiger partial charge < -0.3 is 10.1 Å². The van der Waals surface area contributed by atoms with E-state index < -0.39 is 10.8 Å². The molecule has 0 aliphatic carbocycles. The Balaban J connectivity index is 1.45. The Labute approximate surface area is 165 Å². The standard InChI is InChI=1S/C19H19Cl2NO3S/c20-15-8-7-13(11-16(15)21)26(24)10-4-3-9-25-18-12-19(23)22-17-6-2-1-5-14(17)18/h1-2,5-8,11,18H,3-4,9-10,12H2,(H,22,23). The molecule has 1 aliphatic rings. The van der Waals surface area contributed by atoms with Crippen molar-refractivity contribution in [3.63, 3.8) is 0 Å². The van der Waals surface area contributed by atoms with Crippen molar-refractivity contribution >= 4 is 45.6 Å². The van der Waals surface area contributed by atoms with Gasteiger partial charge in [-0.2, -0.15) is 0 Å². The maximum absolute atomic E-state index is 12.3. The van der Waals surface area contributed by atoms with Gasteiger partial charge in [-0.25, -0.2) is 0 Å². The molecule has 2 aromatic rings. The molecular weight excluding hydrogens is 393 g/mol. The van der Waals surface area contributed by atoms with E-state index in [0.29, 0.717) is 33.7 Å². The van der Waals surface area contributed by atoms with Crippen LogP contribution in [0.3, 0.4) is 0 Å². The van der Waals surface area contributed by atoms with E-state index in [4.69, 9.17) is 27.9 Å². The second-order valence-electron chi connectivity index (χ2n) is 6.03. The average molecular weight is 412 g/mol. The van der Waals surface area contributed by atoms with Gasteiger partial charge in [0.25, 0.3) is 0 Å². The molecule has 2 atom stereocenters. The monoisotopic (exact) mass is 411 g/mol. The Kier molecular flexibility index (Phi) is 6.70. The number of rotatable bonds is 7. The molecule has 1 amide bonds. The number of carbonyl (C=O) groups excluding carboxylic acids is 1. The first-order chi connectivity index (χ1) is 12.5. The van der Waals surface area contributed by atoms with Crippen LogP contribution in [0.25, 0.3) is 0 Å². The summed E-state index contributed by atoms with van der Waals surface area (Å²) in [5, 5.41) is 3.72. The third-order valence-corrected chi connectivity index (χ3v) is 6.33. The predicted octanol–water partition coefficient (Wildman–Crippen LogP) is 4.98. The highest BCUT2D eigenvalue weighted by Crippen LogP contribution is 2.32. The van der Waals surface area contributed by atoms with Gasteiger partial charge in [-0.1, -0.05) is 41.4 Å². The minimum atomic E-state index is -1.11. The van der Waals surface area contributed by atoms with Gasteiger partial charge in [0.15, 0.2) is 0 Å². The highest BCUT2D eigenvalue weighted by atomic mass is 35.5. The third kappa shape index (κ3) is 4.86. The molecule has 0 radical (unpaired) electrons. The number of halogens is 2. The van der Waals surface area contributed by atoms with E-state index in [1.54, 1.807) is 18.2 Å². The zero-order valence-corrected chi connectivity index (χ0v) is 16.4. The fraction of sp³-hybridized carbons (Fsp3) is 0.316. The van der Waals surface area contributed by atoms with Crippen LogP contribution >= 0.6 is 23.2 Å². The van der Waals surface area contributed by atoms with Gasteiger partial charge in [0, 0.05) is 28.5 Å². The number of fused-ring (bicyclic) bond motifs is 1. The van der Waals surface area contributed by atoms with Crippen LogP contribution in [0.15, 0.2) is 47.4 Å². The first kappa shape index (κ1) is 19.4. The number of benzene rings is 2. The molecule has 7 heteroatoms. The lowest BCUT2D eigenvalue weighted by Crippen LogP contribution is -2.24. The van der Waals surface area contributed by atoms with Crippen molar-refractivity contribution in [1.29, 1.82) is 0 Å². The highest BCUT2D eigenvalue weighted by Gasteiger charge is 2.25. The predicted molar refractivity (Wildman–Crippen MR) is 105 cm³/mol. The van der Waals surface area contributed by atoms with Crippen molar-refractivity contribution in [3.8, 4) is 0 Å².